The zero-order valence-corrected chi connectivity index (χ0v) is 21.1. The van der Waals surface area contributed by atoms with Gasteiger partial charge in [0.1, 0.15) is 5.82 Å². The monoisotopic (exact) mass is 500 g/mol. The number of carbonyl (C=O) groups excluding carboxylic acids is 2. The number of nitrogen functional groups attached to an aromatic ring is 1. The van der Waals surface area contributed by atoms with Gasteiger partial charge in [-0.05, 0) is 73.5 Å². The van der Waals surface area contributed by atoms with Crippen LogP contribution in [0.5, 0.6) is 0 Å². The summed E-state index contributed by atoms with van der Waals surface area (Å²) >= 11 is 0. The summed E-state index contributed by atoms with van der Waals surface area (Å²) < 4.78 is 1.67. The lowest BCUT2D eigenvalue weighted by molar-refractivity contribution is -0.127. The van der Waals surface area contributed by atoms with Gasteiger partial charge in [0.15, 0.2) is 5.69 Å². The van der Waals surface area contributed by atoms with Gasteiger partial charge < -0.3 is 16.0 Å². The van der Waals surface area contributed by atoms with Crippen LogP contribution in [0.3, 0.4) is 0 Å². The summed E-state index contributed by atoms with van der Waals surface area (Å²) in [5.74, 6) is 0.492. The van der Waals surface area contributed by atoms with Crippen molar-refractivity contribution in [3.63, 3.8) is 0 Å². The number of piperidine rings is 1. The Morgan fingerprint density at radius 2 is 2.05 bits per heavy atom. The van der Waals surface area contributed by atoms with Crippen LogP contribution in [0.15, 0.2) is 36.7 Å². The number of nitrogens with two attached hydrogens (primary N) is 1. The summed E-state index contributed by atoms with van der Waals surface area (Å²) in [7, 11) is 0. The third-order valence-electron chi connectivity index (χ3n) is 7.93. The van der Waals surface area contributed by atoms with Crippen molar-refractivity contribution in [1.29, 1.82) is 0 Å². The molecule has 2 aliphatic heterocycles. The fourth-order valence-electron chi connectivity index (χ4n) is 6.03. The van der Waals surface area contributed by atoms with Crippen LogP contribution in [0.4, 0.5) is 11.5 Å². The molecule has 6 rings (SSSR count). The number of hydrogen-bond acceptors (Lipinski definition) is 7. The second-order valence-corrected chi connectivity index (χ2v) is 10.3. The number of carbonyl (C=O) groups is 2. The number of aryl methyl sites for hydroxylation is 1. The highest BCUT2D eigenvalue weighted by molar-refractivity contribution is 5.98. The van der Waals surface area contributed by atoms with Crippen molar-refractivity contribution in [2.24, 2.45) is 0 Å². The molecule has 2 atom stereocenters. The Kier molecular flexibility index (Phi) is 6.11. The predicted octanol–water partition coefficient (Wildman–Crippen LogP) is 2.23. The number of piperazine rings is 1. The Morgan fingerprint density at radius 1 is 1.16 bits per heavy atom. The van der Waals surface area contributed by atoms with Gasteiger partial charge in [-0.2, -0.15) is 0 Å². The SMILES string of the molecule is Cc1cc(Cn2cc(C(=O)NC3CCc4c3ccnc4N)nn2)ccc1N1CCN2CCCCC2C1=O. The largest absolute Gasteiger partial charge is 0.383 e. The number of nitrogens with one attached hydrogen (secondary N) is 1. The van der Waals surface area contributed by atoms with E-state index in [1.165, 1.54) is 6.42 Å². The van der Waals surface area contributed by atoms with E-state index in [2.05, 4.69) is 31.6 Å². The standard InChI is InChI=1S/C27H32N8O2/c1-17-14-18(5-8-23(17)35-13-12-33-11-3-2-4-24(33)27(35)37)15-34-16-22(31-32-34)26(36)30-21-7-6-20-19(21)9-10-29-25(20)28/h5,8-10,14,16,21,24H,2-4,6-7,11-13,15H2,1H3,(H2,28,29)(H,30,36). The molecule has 2 aromatic heterocycles. The van der Waals surface area contributed by atoms with Gasteiger partial charge in [-0.15, -0.1) is 5.10 Å². The first-order valence-corrected chi connectivity index (χ1v) is 13.1. The van der Waals surface area contributed by atoms with Gasteiger partial charge in [0.05, 0.1) is 24.8 Å². The fraction of sp³-hybridized carbons (Fsp3) is 0.444. The molecule has 10 heteroatoms. The molecule has 2 fully saturated rings. The molecule has 0 radical (unpaired) electrons. The maximum absolute atomic E-state index is 13.2. The quantitative estimate of drug-likeness (QED) is 0.551. The molecule has 37 heavy (non-hydrogen) atoms. The van der Waals surface area contributed by atoms with Gasteiger partial charge >= 0.3 is 0 Å². The molecular formula is C27H32N8O2. The molecule has 2 saturated heterocycles. The zero-order chi connectivity index (χ0) is 25.5. The number of nitrogens with zero attached hydrogens (tertiary/aromatic N) is 6. The van der Waals surface area contributed by atoms with Gasteiger partial charge in [-0.25, -0.2) is 9.67 Å². The lowest BCUT2D eigenvalue weighted by atomic mass is 9.97. The van der Waals surface area contributed by atoms with Crippen molar-refractivity contribution in [2.45, 2.75) is 57.7 Å². The van der Waals surface area contributed by atoms with Gasteiger partial charge in [-0.1, -0.05) is 23.8 Å². The summed E-state index contributed by atoms with van der Waals surface area (Å²) in [6.07, 6.45) is 8.18. The molecule has 4 heterocycles. The number of anilines is 2. The number of benzene rings is 1. The molecule has 2 amide bonds. The molecule has 3 aromatic rings. The Bertz CT molecular complexity index is 1350. The van der Waals surface area contributed by atoms with Gasteiger partial charge in [-0.3, -0.25) is 14.5 Å². The summed E-state index contributed by atoms with van der Waals surface area (Å²) in [6, 6.07) is 7.97. The molecule has 3 N–H and O–H groups in total. The first-order valence-electron chi connectivity index (χ1n) is 13.1. The van der Waals surface area contributed by atoms with Crippen molar-refractivity contribution in [3.05, 3.63) is 64.6 Å². The summed E-state index contributed by atoms with van der Waals surface area (Å²) in [5, 5.41) is 11.3. The van der Waals surface area contributed by atoms with E-state index < -0.39 is 0 Å². The Morgan fingerprint density at radius 3 is 2.92 bits per heavy atom. The van der Waals surface area contributed by atoms with Crippen LogP contribution in [0, 0.1) is 6.92 Å². The highest BCUT2D eigenvalue weighted by atomic mass is 16.2. The summed E-state index contributed by atoms with van der Waals surface area (Å²) in [6.45, 7) is 5.21. The maximum atomic E-state index is 13.2. The average molecular weight is 501 g/mol. The topological polar surface area (TPSA) is 122 Å². The molecule has 3 aliphatic rings. The molecule has 10 nitrogen and oxygen atoms in total. The van der Waals surface area contributed by atoms with Gasteiger partial charge in [0.25, 0.3) is 5.91 Å². The van der Waals surface area contributed by atoms with Crippen LogP contribution in [0.25, 0.3) is 0 Å². The normalized spacial score (nSPS) is 21.5. The van der Waals surface area contributed by atoms with Crippen LogP contribution < -0.4 is 16.0 Å². The van der Waals surface area contributed by atoms with Gasteiger partial charge in [0, 0.05) is 25.0 Å². The Balaban J connectivity index is 1.11. The number of rotatable bonds is 5. The van der Waals surface area contributed by atoms with Crippen molar-refractivity contribution in [1.82, 2.24) is 30.2 Å². The van der Waals surface area contributed by atoms with E-state index in [0.717, 1.165) is 73.3 Å². The summed E-state index contributed by atoms with van der Waals surface area (Å²) in [5.41, 5.74) is 11.4. The second kappa shape index (κ2) is 9.59. The lowest BCUT2D eigenvalue weighted by Gasteiger charge is -2.43. The van der Waals surface area contributed by atoms with E-state index in [1.54, 1.807) is 17.1 Å². The maximum Gasteiger partial charge on any atom is 0.273 e. The minimum atomic E-state index is -0.258. The number of pyridine rings is 1. The molecule has 192 valence electrons. The Labute approximate surface area is 215 Å². The van der Waals surface area contributed by atoms with Crippen molar-refractivity contribution in [3.8, 4) is 0 Å². The molecule has 1 aliphatic carbocycles. The second-order valence-electron chi connectivity index (χ2n) is 10.3. The number of fused-ring (bicyclic) bond motifs is 2. The van der Waals surface area contributed by atoms with Gasteiger partial charge in [0.2, 0.25) is 5.91 Å². The number of amides is 2. The predicted molar refractivity (Wildman–Crippen MR) is 139 cm³/mol. The van der Waals surface area contributed by atoms with E-state index in [-0.39, 0.29) is 29.6 Å². The average Bonchev–Trinajstić information content (AvgIpc) is 3.53. The van der Waals surface area contributed by atoms with Crippen molar-refractivity contribution >= 4 is 23.3 Å². The molecule has 0 spiro atoms. The van der Waals surface area contributed by atoms with Crippen LogP contribution in [-0.4, -0.2) is 62.4 Å². The van der Waals surface area contributed by atoms with E-state index >= 15 is 0 Å². The Hall–Kier alpha value is -3.79. The molecule has 1 aromatic carbocycles. The third-order valence-corrected chi connectivity index (χ3v) is 7.93. The highest BCUT2D eigenvalue weighted by Gasteiger charge is 2.37. The highest BCUT2D eigenvalue weighted by Crippen LogP contribution is 2.33. The van der Waals surface area contributed by atoms with E-state index in [0.29, 0.717) is 12.4 Å². The minimum absolute atomic E-state index is 0.0213. The number of aromatic nitrogens is 4. The smallest absolute Gasteiger partial charge is 0.273 e. The first kappa shape index (κ1) is 23.6. The first-order chi connectivity index (χ1) is 18.0. The summed E-state index contributed by atoms with van der Waals surface area (Å²) in [4.78, 5) is 34.5. The van der Waals surface area contributed by atoms with E-state index in [1.807, 2.05) is 30.0 Å². The lowest BCUT2D eigenvalue weighted by Crippen LogP contribution is -2.58. The molecular weight excluding hydrogens is 468 g/mol. The van der Waals surface area contributed by atoms with E-state index in [9.17, 15) is 9.59 Å². The van der Waals surface area contributed by atoms with Crippen LogP contribution in [0.2, 0.25) is 0 Å². The minimum Gasteiger partial charge on any atom is -0.383 e. The zero-order valence-electron chi connectivity index (χ0n) is 21.1. The molecule has 2 unspecified atom stereocenters. The van der Waals surface area contributed by atoms with Crippen LogP contribution in [-0.2, 0) is 17.8 Å². The fourth-order valence-corrected chi connectivity index (χ4v) is 6.03. The van der Waals surface area contributed by atoms with Crippen molar-refractivity contribution in [2.75, 3.05) is 30.3 Å². The third kappa shape index (κ3) is 4.46. The molecule has 0 bridgehead atoms. The number of hydrogen-bond donors (Lipinski definition) is 2. The van der Waals surface area contributed by atoms with Crippen LogP contribution in [0.1, 0.15) is 64.5 Å². The van der Waals surface area contributed by atoms with Crippen LogP contribution >= 0.6 is 0 Å². The van der Waals surface area contributed by atoms with E-state index in [4.69, 9.17) is 5.73 Å². The molecule has 0 saturated carbocycles. The van der Waals surface area contributed by atoms with Crippen molar-refractivity contribution < 1.29 is 9.59 Å².